The van der Waals surface area contributed by atoms with Crippen LogP contribution in [-0.4, -0.2) is 12.4 Å². The molecule has 2 aromatic carbocycles. The van der Waals surface area contributed by atoms with Crippen molar-refractivity contribution < 1.29 is 9.53 Å². The summed E-state index contributed by atoms with van der Waals surface area (Å²) in [5, 5.41) is 0. The summed E-state index contributed by atoms with van der Waals surface area (Å²) < 4.78 is 5.84. The van der Waals surface area contributed by atoms with Crippen LogP contribution >= 0.6 is 0 Å². The summed E-state index contributed by atoms with van der Waals surface area (Å²) in [4.78, 5) is 12.5. The van der Waals surface area contributed by atoms with E-state index in [9.17, 15) is 4.79 Å². The van der Waals surface area contributed by atoms with E-state index in [1.54, 1.807) is 0 Å². The molecule has 0 N–H and O–H groups in total. The molecule has 0 radical (unpaired) electrons. The molecular weight excluding hydrogens is 260 g/mol. The van der Waals surface area contributed by atoms with Gasteiger partial charge in [-0.2, -0.15) is 0 Å². The van der Waals surface area contributed by atoms with E-state index < -0.39 is 0 Å². The maximum Gasteiger partial charge on any atom is 0.165 e. The lowest BCUT2D eigenvalue weighted by molar-refractivity contribution is 0.0352. The zero-order chi connectivity index (χ0) is 14.8. The minimum Gasteiger partial charge on any atom is -0.373 e. The molecule has 3 rings (SSSR count). The van der Waals surface area contributed by atoms with Crippen molar-refractivity contribution in [1.29, 1.82) is 0 Å². The van der Waals surface area contributed by atoms with Gasteiger partial charge in [-0.15, -0.1) is 0 Å². The molecule has 1 aliphatic rings. The first kappa shape index (κ1) is 14.0. The molecule has 0 bridgehead atoms. The molecule has 0 saturated carbocycles. The first-order chi connectivity index (χ1) is 10.1. The Bertz CT molecular complexity index is 653. The van der Waals surface area contributed by atoms with E-state index in [-0.39, 0.29) is 11.9 Å². The molecule has 21 heavy (non-hydrogen) atoms. The van der Waals surface area contributed by atoms with Crippen LogP contribution in [0.5, 0.6) is 0 Å². The molecule has 0 spiro atoms. The highest BCUT2D eigenvalue weighted by molar-refractivity contribution is 5.96. The summed E-state index contributed by atoms with van der Waals surface area (Å²) >= 11 is 0. The van der Waals surface area contributed by atoms with Gasteiger partial charge in [-0.25, -0.2) is 0 Å². The van der Waals surface area contributed by atoms with Gasteiger partial charge in [-0.05, 0) is 43.5 Å². The molecule has 0 fully saturated rings. The van der Waals surface area contributed by atoms with Crippen LogP contribution in [0.1, 0.15) is 45.1 Å². The summed E-state index contributed by atoms with van der Waals surface area (Å²) in [6.45, 7) is 4.74. The number of ether oxygens (including phenoxy) is 1. The van der Waals surface area contributed by atoms with E-state index in [0.29, 0.717) is 13.0 Å². The number of rotatable bonds is 3. The van der Waals surface area contributed by atoms with Crippen LogP contribution in [0.4, 0.5) is 0 Å². The van der Waals surface area contributed by atoms with E-state index in [0.717, 1.165) is 23.1 Å². The number of aryl methyl sites for hydroxylation is 2. The van der Waals surface area contributed by atoms with Crippen molar-refractivity contribution in [3.05, 3.63) is 70.3 Å². The Labute approximate surface area is 125 Å². The predicted molar refractivity (Wildman–Crippen MR) is 83.7 cm³/mol. The van der Waals surface area contributed by atoms with Crippen LogP contribution in [0, 0.1) is 13.8 Å². The van der Waals surface area contributed by atoms with E-state index in [4.69, 9.17) is 4.74 Å². The third kappa shape index (κ3) is 3.06. The first-order valence-corrected chi connectivity index (χ1v) is 7.44. The lowest BCUT2D eigenvalue weighted by Crippen LogP contribution is -2.19. The molecule has 2 heteroatoms. The van der Waals surface area contributed by atoms with Crippen LogP contribution in [-0.2, 0) is 11.2 Å². The number of carbonyl (C=O) groups excluding carboxylic acids is 1. The van der Waals surface area contributed by atoms with Gasteiger partial charge in [0.15, 0.2) is 5.78 Å². The van der Waals surface area contributed by atoms with Gasteiger partial charge in [0.05, 0.1) is 12.7 Å². The summed E-state index contributed by atoms with van der Waals surface area (Å²) in [6, 6.07) is 14.3. The highest BCUT2D eigenvalue weighted by atomic mass is 16.5. The monoisotopic (exact) mass is 280 g/mol. The van der Waals surface area contributed by atoms with E-state index in [1.807, 2.05) is 38.1 Å². The van der Waals surface area contributed by atoms with Crippen LogP contribution < -0.4 is 0 Å². The van der Waals surface area contributed by atoms with Crippen LogP contribution in [0.15, 0.2) is 42.5 Å². The Hall–Kier alpha value is -1.93. The molecule has 0 saturated heterocycles. The Morgan fingerprint density at radius 1 is 1.14 bits per heavy atom. The fourth-order valence-corrected chi connectivity index (χ4v) is 3.07. The lowest BCUT2D eigenvalue weighted by atomic mass is 9.92. The van der Waals surface area contributed by atoms with Crippen LogP contribution in [0.2, 0.25) is 0 Å². The third-order valence-electron chi connectivity index (χ3n) is 4.01. The quantitative estimate of drug-likeness (QED) is 0.788. The van der Waals surface area contributed by atoms with Crippen LogP contribution in [0.25, 0.3) is 0 Å². The summed E-state index contributed by atoms with van der Waals surface area (Å²) in [7, 11) is 0. The SMILES string of the molecule is Cc1cc(C)cc(C(=O)CC2OCCc3ccccc32)c1. The van der Waals surface area contributed by atoms with Crippen molar-refractivity contribution in [3.63, 3.8) is 0 Å². The maximum absolute atomic E-state index is 12.5. The molecule has 2 aromatic rings. The minimum absolute atomic E-state index is 0.108. The number of ketones is 1. The zero-order valence-corrected chi connectivity index (χ0v) is 12.6. The van der Waals surface area contributed by atoms with Crippen LogP contribution in [0.3, 0.4) is 0 Å². The number of hydrogen-bond donors (Lipinski definition) is 0. The van der Waals surface area contributed by atoms with Crippen molar-refractivity contribution in [1.82, 2.24) is 0 Å². The number of fused-ring (bicyclic) bond motifs is 1. The second-order valence-corrected chi connectivity index (χ2v) is 5.81. The van der Waals surface area contributed by atoms with Gasteiger partial charge in [-0.3, -0.25) is 4.79 Å². The standard InChI is InChI=1S/C19H20O2/c1-13-9-14(2)11-16(10-13)18(20)12-19-17-6-4-3-5-15(17)7-8-21-19/h3-6,9-11,19H,7-8,12H2,1-2H3. The van der Waals surface area contributed by atoms with Crippen molar-refractivity contribution in [2.75, 3.05) is 6.61 Å². The Morgan fingerprint density at radius 2 is 1.86 bits per heavy atom. The Morgan fingerprint density at radius 3 is 2.62 bits per heavy atom. The average molecular weight is 280 g/mol. The fraction of sp³-hybridized carbons (Fsp3) is 0.316. The van der Waals surface area contributed by atoms with Gasteiger partial charge < -0.3 is 4.74 Å². The largest absolute Gasteiger partial charge is 0.373 e. The molecule has 1 unspecified atom stereocenters. The molecule has 1 aliphatic heterocycles. The van der Waals surface area contributed by atoms with Crippen molar-refractivity contribution in [2.45, 2.75) is 32.8 Å². The molecule has 0 amide bonds. The first-order valence-electron chi connectivity index (χ1n) is 7.44. The number of carbonyl (C=O) groups is 1. The average Bonchev–Trinajstić information content (AvgIpc) is 2.46. The zero-order valence-electron chi connectivity index (χ0n) is 12.6. The highest BCUT2D eigenvalue weighted by Gasteiger charge is 2.23. The maximum atomic E-state index is 12.5. The lowest BCUT2D eigenvalue weighted by Gasteiger charge is -2.25. The van der Waals surface area contributed by atoms with E-state index >= 15 is 0 Å². The van der Waals surface area contributed by atoms with E-state index in [1.165, 1.54) is 11.1 Å². The van der Waals surface area contributed by atoms with Gasteiger partial charge in [0.25, 0.3) is 0 Å². The summed E-state index contributed by atoms with van der Waals surface area (Å²) in [5.74, 6) is 0.156. The molecule has 1 heterocycles. The summed E-state index contributed by atoms with van der Waals surface area (Å²) in [5.41, 5.74) is 5.52. The van der Waals surface area contributed by atoms with Crippen molar-refractivity contribution in [3.8, 4) is 0 Å². The summed E-state index contributed by atoms with van der Waals surface area (Å²) in [6.07, 6.45) is 1.24. The normalized spacial score (nSPS) is 17.3. The highest BCUT2D eigenvalue weighted by Crippen LogP contribution is 2.30. The molecule has 2 nitrogen and oxygen atoms in total. The number of Topliss-reactive ketones (excluding diaryl/α,β-unsaturated/α-hetero) is 1. The van der Waals surface area contributed by atoms with Gasteiger partial charge in [0.2, 0.25) is 0 Å². The molecule has 108 valence electrons. The van der Waals surface area contributed by atoms with Gasteiger partial charge in [0, 0.05) is 12.0 Å². The van der Waals surface area contributed by atoms with E-state index in [2.05, 4.69) is 18.2 Å². The Kier molecular flexibility index (Phi) is 3.89. The van der Waals surface area contributed by atoms with Gasteiger partial charge >= 0.3 is 0 Å². The fourth-order valence-electron chi connectivity index (χ4n) is 3.07. The number of benzene rings is 2. The smallest absolute Gasteiger partial charge is 0.165 e. The third-order valence-corrected chi connectivity index (χ3v) is 4.01. The predicted octanol–water partition coefficient (Wildman–Crippen LogP) is 4.19. The molecule has 0 aromatic heterocycles. The molecular formula is C19H20O2. The van der Waals surface area contributed by atoms with Crippen molar-refractivity contribution in [2.24, 2.45) is 0 Å². The second-order valence-electron chi connectivity index (χ2n) is 5.81. The number of hydrogen-bond acceptors (Lipinski definition) is 2. The second kappa shape index (κ2) is 5.82. The van der Waals surface area contributed by atoms with Gasteiger partial charge in [0.1, 0.15) is 0 Å². The molecule has 0 aliphatic carbocycles. The minimum atomic E-state index is -0.108. The Balaban J connectivity index is 1.82. The topological polar surface area (TPSA) is 26.3 Å². The van der Waals surface area contributed by atoms with Gasteiger partial charge in [-0.1, -0.05) is 41.5 Å². The van der Waals surface area contributed by atoms with Crippen molar-refractivity contribution >= 4 is 5.78 Å². The molecule has 1 atom stereocenters.